The Bertz CT molecular complexity index is 1510. The van der Waals surface area contributed by atoms with Gasteiger partial charge in [0.1, 0.15) is 29.1 Å². The van der Waals surface area contributed by atoms with Crippen LogP contribution in [-0.2, 0) is 6.61 Å². The van der Waals surface area contributed by atoms with Gasteiger partial charge in [0, 0.05) is 5.56 Å². The Balaban J connectivity index is 1.45. The number of hydrogen-bond acceptors (Lipinski definition) is 3. The van der Waals surface area contributed by atoms with E-state index in [-0.39, 0.29) is 0 Å². The van der Waals surface area contributed by atoms with Crippen molar-refractivity contribution in [2.45, 2.75) is 13.5 Å². The van der Waals surface area contributed by atoms with Crippen LogP contribution in [0.25, 0.3) is 38.3 Å². The van der Waals surface area contributed by atoms with Gasteiger partial charge < -0.3 is 4.74 Å². The fourth-order valence-corrected chi connectivity index (χ4v) is 4.29. The predicted octanol–water partition coefficient (Wildman–Crippen LogP) is 6.61. The average molecular weight is 415 g/mol. The molecule has 0 aliphatic rings. The van der Waals surface area contributed by atoms with Crippen molar-refractivity contribution < 1.29 is 4.74 Å². The second-order valence-electron chi connectivity index (χ2n) is 8.04. The molecular formula is C28H21N3O. The number of ether oxygens (including phenoxy) is 1. The maximum Gasteiger partial charge on any atom is 0.147 e. The summed E-state index contributed by atoms with van der Waals surface area (Å²) < 4.78 is 6.44. The van der Waals surface area contributed by atoms with Crippen LogP contribution in [0.4, 0.5) is 0 Å². The Morgan fingerprint density at radius 2 is 1.28 bits per heavy atom. The fourth-order valence-electron chi connectivity index (χ4n) is 4.29. The van der Waals surface area contributed by atoms with Gasteiger partial charge in [0.25, 0.3) is 0 Å². The molecule has 0 bridgehead atoms. The summed E-state index contributed by atoms with van der Waals surface area (Å²) in [5.41, 5.74) is 4.87. The molecule has 0 unspecified atom stereocenters. The minimum atomic E-state index is 0.457. The third-order valence-corrected chi connectivity index (χ3v) is 5.87. The largest absolute Gasteiger partial charge is 0.487 e. The number of fused-ring (bicyclic) bond motifs is 3. The monoisotopic (exact) mass is 415 g/mol. The van der Waals surface area contributed by atoms with Crippen molar-refractivity contribution in [3.8, 4) is 11.4 Å². The maximum atomic E-state index is 6.44. The fraction of sp³-hybridized carbons (Fsp3) is 0.0714. The third kappa shape index (κ3) is 3.17. The first-order chi connectivity index (χ1) is 15.8. The number of benzene rings is 5. The molecule has 0 fully saturated rings. The number of hydrogen-bond donors (Lipinski definition) is 0. The quantitative estimate of drug-likeness (QED) is 0.304. The third-order valence-electron chi connectivity index (χ3n) is 5.87. The van der Waals surface area contributed by atoms with E-state index in [4.69, 9.17) is 4.74 Å². The van der Waals surface area contributed by atoms with Gasteiger partial charge in [0.15, 0.2) is 0 Å². The molecule has 0 atom stereocenters. The van der Waals surface area contributed by atoms with Crippen LogP contribution in [0.1, 0.15) is 11.1 Å². The number of nitrogens with zero attached hydrogens (tertiary/aromatic N) is 3. The van der Waals surface area contributed by atoms with Crippen LogP contribution in [0.2, 0.25) is 0 Å². The molecular weight excluding hydrogens is 394 g/mol. The number of aryl methyl sites for hydroxylation is 1. The molecule has 0 amide bonds. The minimum absolute atomic E-state index is 0.457. The van der Waals surface area contributed by atoms with Crippen LogP contribution >= 0.6 is 0 Å². The highest BCUT2D eigenvalue weighted by molar-refractivity contribution is 6.02. The summed E-state index contributed by atoms with van der Waals surface area (Å²) in [5.74, 6) is 0.757. The molecule has 6 rings (SSSR count). The molecule has 1 heterocycles. The highest BCUT2D eigenvalue weighted by Gasteiger charge is 2.13. The highest BCUT2D eigenvalue weighted by atomic mass is 16.5. The number of aromatic nitrogens is 3. The van der Waals surface area contributed by atoms with Gasteiger partial charge in [-0.3, -0.25) is 0 Å². The van der Waals surface area contributed by atoms with E-state index in [1.54, 1.807) is 4.80 Å². The lowest BCUT2D eigenvalue weighted by molar-refractivity contribution is 0.306. The van der Waals surface area contributed by atoms with Crippen LogP contribution in [0.15, 0.2) is 97.1 Å². The molecule has 154 valence electrons. The van der Waals surface area contributed by atoms with Gasteiger partial charge >= 0.3 is 0 Å². The molecule has 4 nitrogen and oxygen atoms in total. The van der Waals surface area contributed by atoms with Crippen molar-refractivity contribution >= 4 is 32.6 Å². The van der Waals surface area contributed by atoms with Crippen molar-refractivity contribution in [2.24, 2.45) is 0 Å². The predicted molar refractivity (Wildman–Crippen MR) is 129 cm³/mol. The zero-order valence-corrected chi connectivity index (χ0v) is 17.7. The molecule has 6 aromatic rings. The minimum Gasteiger partial charge on any atom is -0.487 e. The van der Waals surface area contributed by atoms with Crippen LogP contribution in [0, 0.1) is 6.92 Å². The van der Waals surface area contributed by atoms with Crippen molar-refractivity contribution in [1.82, 2.24) is 15.0 Å². The first-order valence-electron chi connectivity index (χ1n) is 10.7. The zero-order valence-electron chi connectivity index (χ0n) is 17.7. The molecule has 0 radical (unpaired) electrons. The van der Waals surface area contributed by atoms with Gasteiger partial charge in [-0.25, -0.2) is 0 Å². The Hall–Kier alpha value is -4.18. The van der Waals surface area contributed by atoms with Gasteiger partial charge in [-0.15, -0.1) is 15.0 Å². The average Bonchev–Trinajstić information content (AvgIpc) is 3.26. The summed E-state index contributed by atoms with van der Waals surface area (Å²) in [6.07, 6.45) is 0. The second kappa shape index (κ2) is 7.50. The van der Waals surface area contributed by atoms with Gasteiger partial charge in [-0.2, -0.15) is 0 Å². The van der Waals surface area contributed by atoms with Crippen molar-refractivity contribution in [3.05, 3.63) is 108 Å². The Morgan fingerprint density at radius 3 is 1.94 bits per heavy atom. The molecule has 0 aliphatic heterocycles. The summed E-state index contributed by atoms with van der Waals surface area (Å²) in [5, 5.41) is 14.2. The second-order valence-corrected chi connectivity index (χ2v) is 8.04. The standard InChI is InChI=1S/C28H21N3O/c1-19-14-15-28(27(16-19)31-29-25-12-6-7-13-26(25)30-31)32-18-24-22-10-4-2-8-20(22)17-21-9-3-5-11-23(21)24/h2-17H,18H2,1H3. The Morgan fingerprint density at radius 1 is 0.688 bits per heavy atom. The van der Waals surface area contributed by atoms with Crippen LogP contribution in [-0.4, -0.2) is 15.0 Å². The summed E-state index contributed by atoms with van der Waals surface area (Å²) in [4.78, 5) is 1.67. The van der Waals surface area contributed by atoms with Crippen LogP contribution in [0.3, 0.4) is 0 Å². The maximum absolute atomic E-state index is 6.44. The molecule has 32 heavy (non-hydrogen) atoms. The number of rotatable bonds is 4. The van der Waals surface area contributed by atoms with Gasteiger partial charge in [0.05, 0.1) is 0 Å². The van der Waals surface area contributed by atoms with Gasteiger partial charge in [0.2, 0.25) is 0 Å². The van der Waals surface area contributed by atoms with E-state index < -0.39 is 0 Å². The first kappa shape index (κ1) is 18.6. The van der Waals surface area contributed by atoms with E-state index in [0.29, 0.717) is 6.61 Å². The lowest BCUT2D eigenvalue weighted by Gasteiger charge is -2.15. The van der Waals surface area contributed by atoms with Gasteiger partial charge in [-0.1, -0.05) is 66.7 Å². The van der Waals surface area contributed by atoms with Crippen LogP contribution in [0.5, 0.6) is 5.75 Å². The zero-order chi connectivity index (χ0) is 21.5. The Labute approximate surface area is 185 Å². The normalized spacial score (nSPS) is 11.4. The molecule has 5 aromatic carbocycles. The summed E-state index contributed by atoms with van der Waals surface area (Å²) in [7, 11) is 0. The smallest absolute Gasteiger partial charge is 0.147 e. The topological polar surface area (TPSA) is 39.9 Å². The van der Waals surface area contributed by atoms with E-state index in [2.05, 4.69) is 83.9 Å². The van der Waals surface area contributed by atoms with E-state index in [1.165, 1.54) is 27.1 Å². The SMILES string of the molecule is Cc1ccc(OCc2c3ccccc3cc3ccccc23)c(-n2nc3ccccc3n2)c1. The van der Waals surface area contributed by atoms with Gasteiger partial charge in [-0.05, 0) is 64.4 Å². The van der Waals surface area contributed by atoms with E-state index in [1.807, 2.05) is 30.3 Å². The lowest BCUT2D eigenvalue weighted by Crippen LogP contribution is -2.05. The van der Waals surface area contributed by atoms with Crippen molar-refractivity contribution in [2.75, 3.05) is 0 Å². The first-order valence-corrected chi connectivity index (χ1v) is 10.7. The molecule has 0 spiro atoms. The van der Waals surface area contributed by atoms with E-state index in [9.17, 15) is 0 Å². The molecule has 0 N–H and O–H groups in total. The molecule has 0 saturated carbocycles. The summed E-state index contributed by atoms with van der Waals surface area (Å²) >= 11 is 0. The van der Waals surface area contributed by atoms with Crippen LogP contribution < -0.4 is 4.74 Å². The molecule has 1 aromatic heterocycles. The Kier molecular flexibility index (Phi) is 4.36. The van der Waals surface area contributed by atoms with E-state index >= 15 is 0 Å². The molecule has 0 saturated heterocycles. The van der Waals surface area contributed by atoms with Crippen molar-refractivity contribution in [3.63, 3.8) is 0 Å². The van der Waals surface area contributed by atoms with Crippen molar-refractivity contribution in [1.29, 1.82) is 0 Å². The molecule has 0 aliphatic carbocycles. The molecule has 4 heteroatoms. The summed E-state index contributed by atoms with van der Waals surface area (Å²) in [6.45, 7) is 2.52. The lowest BCUT2D eigenvalue weighted by atomic mass is 9.97. The highest BCUT2D eigenvalue weighted by Crippen LogP contribution is 2.31. The van der Waals surface area contributed by atoms with E-state index in [0.717, 1.165) is 28.0 Å². The summed E-state index contributed by atoms with van der Waals surface area (Å²) in [6, 6.07) is 33.2.